The molecule has 0 radical (unpaired) electrons. The van der Waals surface area contributed by atoms with Crippen LogP contribution in [0.3, 0.4) is 0 Å². The quantitative estimate of drug-likeness (QED) is 0.0276. The molecule has 0 aliphatic carbocycles. The standard InChI is InChI=1S/C16H18O4S.2C15H16O4S.2C14H14O4S.C13H12O5S.C13H12O4S/c1-11(2)15-9-4-12(3)10-16(15)20-21(18,19)14-7-5-13(17)6-8-14;1-10-8-11(2)15(12(3)9-10)19-20(17,18)14-6-4-13(16)5-7-14;1-10-4-5-11(2)15(12(10)3)19-20(17,18)14-8-6-13(16)7-9-14;1-10-3-8-14(11(2)9-10)18-19(16,17)13-6-4-12(15)5-7-13;1-10-4-3-5-11(2)14(10)18-19(16,17)13-8-6-12(15)7-9-13;14-9-10-3-1-2-4-13(10)18-19(16,17)12-7-5-11(15)6-8-12;1-10-4-2-3-5-13(10)17-18(15,16)12-8-6-11(14)7-9-12/h4-11,17H,1-3H3;2*4-9,16H,1-3H3;2*3-9,15H,1-2H3;1-8,14-15H,9H2;2-9,14H,1H3. The molecule has 36 heteroatoms. The van der Waals surface area contributed by atoms with Gasteiger partial charge in [-0.25, -0.2) is 0 Å². The van der Waals surface area contributed by atoms with E-state index in [1.807, 2.05) is 111 Å². The van der Waals surface area contributed by atoms with Crippen LogP contribution in [0.2, 0.25) is 0 Å². The Morgan fingerprint density at radius 3 is 0.816 bits per heavy atom. The highest BCUT2D eigenvalue weighted by molar-refractivity contribution is 7.88. The van der Waals surface area contributed by atoms with Crippen LogP contribution in [-0.2, 0) is 77.4 Å². The SMILES string of the molecule is Cc1cc(C)c(OS(=O)(=O)c2ccc(O)cc2)c(C)c1.Cc1ccc(C(C)C)c(OS(=O)(=O)c2ccc(O)cc2)c1.Cc1ccc(C)c(OS(=O)(=O)c2ccc(O)cc2)c1C.Cc1ccc(OS(=O)(=O)c2ccc(O)cc2)c(C)c1.Cc1cccc(C)c1OS(=O)(=O)c1ccc(O)cc1.Cc1ccccc1OS(=O)(=O)c1ccc(O)cc1.O=S(=O)(Oc1ccccc1CO)c1ccc(O)cc1. The molecule has 0 unspecified atom stereocenters. The van der Waals surface area contributed by atoms with E-state index in [1.54, 1.807) is 107 Å². The van der Waals surface area contributed by atoms with Crippen LogP contribution in [0.5, 0.6) is 80.5 Å². The Morgan fingerprint density at radius 2 is 0.478 bits per heavy atom. The van der Waals surface area contributed by atoms with Gasteiger partial charge in [-0.1, -0.05) is 128 Å². The average molecular weight is 1990 g/mol. The highest BCUT2D eigenvalue weighted by atomic mass is 32.2. The zero-order valence-electron chi connectivity index (χ0n) is 76.1. The third kappa shape index (κ3) is 31.0. The van der Waals surface area contributed by atoms with Crippen LogP contribution in [-0.4, -0.2) is 99.8 Å². The van der Waals surface area contributed by atoms with Gasteiger partial charge in [0.05, 0.1) is 6.61 Å². The van der Waals surface area contributed by atoms with Gasteiger partial charge in [-0.2, -0.15) is 58.9 Å². The number of aliphatic hydroxyl groups excluding tert-OH is 1. The fraction of sp³-hybridized carbons (Fsp3) is 0.160. The summed E-state index contributed by atoms with van der Waals surface area (Å²) in [5.74, 6) is 2.23. The van der Waals surface area contributed by atoms with Crippen LogP contribution < -0.4 is 29.3 Å². The fourth-order valence-electron chi connectivity index (χ4n) is 12.2. The van der Waals surface area contributed by atoms with Crippen molar-refractivity contribution < 1.29 is 129 Å². The second kappa shape index (κ2) is 46.7. The molecule has 0 aliphatic heterocycles. The van der Waals surface area contributed by atoms with Crippen molar-refractivity contribution in [1.82, 2.24) is 0 Å². The van der Waals surface area contributed by atoms with Crippen LogP contribution >= 0.6 is 0 Å². The van der Waals surface area contributed by atoms with Gasteiger partial charge < -0.3 is 70.1 Å². The molecule has 0 heterocycles. The third-order valence-electron chi connectivity index (χ3n) is 19.5. The van der Waals surface area contributed by atoms with Gasteiger partial charge in [0, 0.05) is 5.56 Å². The Kier molecular flexibility index (Phi) is 36.8. The first-order chi connectivity index (χ1) is 63.7. The van der Waals surface area contributed by atoms with E-state index in [2.05, 4.69) is 0 Å². The summed E-state index contributed by atoms with van der Waals surface area (Å²) in [4.78, 5) is -0.0263. The molecule has 136 heavy (non-hydrogen) atoms. The lowest BCUT2D eigenvalue weighted by molar-refractivity contribution is 0.278. The maximum absolute atomic E-state index is 12.3. The van der Waals surface area contributed by atoms with Crippen molar-refractivity contribution in [3.05, 3.63) is 375 Å². The van der Waals surface area contributed by atoms with E-state index in [0.717, 1.165) is 72.3 Å². The van der Waals surface area contributed by atoms with E-state index in [9.17, 15) is 74.2 Å². The van der Waals surface area contributed by atoms with Crippen LogP contribution in [0.25, 0.3) is 0 Å². The molecule has 14 aromatic rings. The summed E-state index contributed by atoms with van der Waals surface area (Å²) < 4.78 is 206. The van der Waals surface area contributed by atoms with Gasteiger partial charge in [-0.15, -0.1) is 0 Å². The summed E-state index contributed by atoms with van der Waals surface area (Å²) in [7, 11) is -27.3. The zero-order valence-corrected chi connectivity index (χ0v) is 81.8. The van der Waals surface area contributed by atoms with Crippen LogP contribution in [0.15, 0.2) is 332 Å². The van der Waals surface area contributed by atoms with E-state index < -0.39 is 70.8 Å². The van der Waals surface area contributed by atoms with Crippen LogP contribution in [0, 0.1) is 83.1 Å². The molecule has 14 rings (SSSR count). The van der Waals surface area contributed by atoms with E-state index >= 15 is 0 Å². The molecule has 0 aromatic heterocycles. The lowest BCUT2D eigenvalue weighted by Gasteiger charge is -2.14. The molecule has 14 aromatic carbocycles. The van der Waals surface area contributed by atoms with E-state index in [-0.39, 0.29) is 92.8 Å². The lowest BCUT2D eigenvalue weighted by Crippen LogP contribution is -2.11. The molecular formula is C100H102O29S7. The first-order valence-corrected chi connectivity index (χ1v) is 50.8. The molecule has 0 atom stereocenters. The minimum Gasteiger partial charge on any atom is -0.508 e. The number of aryl methyl sites for hydroxylation is 11. The average Bonchev–Trinajstić information content (AvgIpc) is 0.554. The minimum absolute atomic E-state index is 0.00329. The van der Waals surface area contributed by atoms with Gasteiger partial charge in [0.1, 0.15) is 115 Å². The molecule has 29 nitrogen and oxygen atoms in total. The van der Waals surface area contributed by atoms with Gasteiger partial charge in [0.25, 0.3) is 0 Å². The van der Waals surface area contributed by atoms with Gasteiger partial charge >= 0.3 is 70.8 Å². The summed E-state index contributed by atoms with van der Waals surface area (Å²) in [5.41, 5.74) is 11.3. The van der Waals surface area contributed by atoms with Crippen LogP contribution in [0.1, 0.15) is 97.7 Å². The Hall–Kier alpha value is -14.1. The number of aromatic hydroxyl groups is 7. The van der Waals surface area contributed by atoms with Crippen molar-refractivity contribution >= 4 is 70.8 Å². The maximum atomic E-state index is 12.3. The first kappa shape index (κ1) is 107. The Bertz CT molecular complexity index is 7310. The highest BCUT2D eigenvalue weighted by Gasteiger charge is 2.27. The summed E-state index contributed by atoms with van der Waals surface area (Å²) in [6.07, 6.45) is 0. The van der Waals surface area contributed by atoms with Crippen molar-refractivity contribution in [3.63, 3.8) is 0 Å². The Morgan fingerprint density at radius 1 is 0.221 bits per heavy atom. The summed E-state index contributed by atoms with van der Waals surface area (Å²) in [6, 6.07) is 73.2. The topological polar surface area (TPSA) is 465 Å². The summed E-state index contributed by atoms with van der Waals surface area (Å²) >= 11 is 0. The van der Waals surface area contributed by atoms with E-state index in [4.69, 9.17) is 54.8 Å². The molecule has 0 bridgehead atoms. The number of aliphatic hydroxyl groups is 1. The highest BCUT2D eigenvalue weighted by Crippen LogP contribution is 2.36. The molecule has 0 amide bonds. The summed E-state index contributed by atoms with van der Waals surface area (Å²) in [5, 5.41) is 73.3. The van der Waals surface area contributed by atoms with Gasteiger partial charge in [-0.05, 0) is 344 Å². The second-order valence-electron chi connectivity index (χ2n) is 30.8. The van der Waals surface area contributed by atoms with Gasteiger partial charge in [0.2, 0.25) is 0 Å². The fourth-order valence-corrected chi connectivity index (χ4v) is 19.2. The number of para-hydroxylation sites is 3. The molecule has 0 saturated carbocycles. The lowest BCUT2D eigenvalue weighted by atomic mass is 10.0. The van der Waals surface area contributed by atoms with Gasteiger partial charge in [0.15, 0.2) is 0 Å². The number of rotatable bonds is 23. The number of benzene rings is 14. The molecule has 0 saturated heterocycles. The molecule has 8 N–H and O–H groups in total. The smallest absolute Gasteiger partial charge is 0.339 e. The number of hydrogen-bond donors (Lipinski definition) is 8. The Balaban J connectivity index is 0.000000195. The largest absolute Gasteiger partial charge is 0.508 e. The third-order valence-corrected chi connectivity index (χ3v) is 28.2. The first-order valence-electron chi connectivity index (χ1n) is 41.0. The minimum atomic E-state index is -3.98. The predicted octanol–water partition coefficient (Wildman–Crippen LogP) is 19.4. The van der Waals surface area contributed by atoms with Crippen molar-refractivity contribution in [2.24, 2.45) is 0 Å². The number of phenolic OH excluding ortho intramolecular Hbond substituents is 7. The normalized spacial score (nSPS) is 11.3. The maximum Gasteiger partial charge on any atom is 0.339 e. The second-order valence-corrected chi connectivity index (χ2v) is 41.6. The van der Waals surface area contributed by atoms with Crippen molar-refractivity contribution in [1.29, 1.82) is 0 Å². The van der Waals surface area contributed by atoms with E-state index in [1.165, 1.54) is 176 Å². The van der Waals surface area contributed by atoms with E-state index in [0.29, 0.717) is 40.1 Å². The molecular weight excluding hydrogens is 1890 g/mol. The zero-order chi connectivity index (χ0) is 101. The van der Waals surface area contributed by atoms with Crippen molar-refractivity contribution in [2.45, 2.75) is 144 Å². The van der Waals surface area contributed by atoms with Gasteiger partial charge in [-0.3, -0.25) is 0 Å². The monoisotopic (exact) mass is 1990 g/mol. The van der Waals surface area contributed by atoms with Crippen molar-refractivity contribution in [3.8, 4) is 80.5 Å². The molecule has 0 spiro atoms. The summed E-state index contributed by atoms with van der Waals surface area (Å²) in [6.45, 7) is 25.6. The molecule has 0 aliphatic rings. The number of hydrogen-bond acceptors (Lipinski definition) is 29. The molecule has 0 fully saturated rings. The van der Waals surface area contributed by atoms with Crippen LogP contribution in [0.4, 0.5) is 0 Å². The van der Waals surface area contributed by atoms with Crippen molar-refractivity contribution in [2.75, 3.05) is 0 Å². The Labute approximate surface area is 793 Å². The number of phenols is 7. The predicted molar refractivity (Wildman–Crippen MR) is 513 cm³/mol. The molecule has 718 valence electrons.